The maximum Gasteiger partial charge on any atom is 0.254 e. The van der Waals surface area contributed by atoms with Crippen LogP contribution in [0.15, 0.2) is 42.5 Å². The van der Waals surface area contributed by atoms with E-state index in [4.69, 9.17) is 0 Å². The summed E-state index contributed by atoms with van der Waals surface area (Å²) in [7, 11) is -3.56. The van der Waals surface area contributed by atoms with Gasteiger partial charge in [0.15, 0.2) is 0 Å². The summed E-state index contributed by atoms with van der Waals surface area (Å²) in [6.45, 7) is 4.46. The van der Waals surface area contributed by atoms with Crippen molar-refractivity contribution >= 4 is 15.9 Å². The number of hydrogen-bond donors (Lipinski definition) is 2. The first-order valence-electron chi connectivity index (χ1n) is 10.5. The lowest BCUT2D eigenvalue weighted by atomic mass is 9.95. The number of rotatable bonds is 7. The Morgan fingerprint density at radius 2 is 1.91 bits per heavy atom. The first kappa shape index (κ1) is 24.3. The summed E-state index contributed by atoms with van der Waals surface area (Å²) < 4.78 is 56.1. The molecular formula is C23H28F2N2O4S. The normalized spacial score (nSPS) is 19.4. The zero-order chi connectivity index (χ0) is 23.7. The van der Waals surface area contributed by atoms with Crippen molar-refractivity contribution in [1.29, 1.82) is 0 Å². The van der Waals surface area contributed by atoms with E-state index < -0.39 is 45.2 Å². The van der Waals surface area contributed by atoms with Gasteiger partial charge in [0.25, 0.3) is 5.91 Å². The van der Waals surface area contributed by atoms with Gasteiger partial charge in [-0.3, -0.25) is 4.79 Å². The van der Waals surface area contributed by atoms with Crippen LogP contribution in [0.5, 0.6) is 0 Å². The molecule has 6 nitrogen and oxygen atoms in total. The van der Waals surface area contributed by atoms with Crippen LogP contribution in [0.1, 0.15) is 32.8 Å². The van der Waals surface area contributed by atoms with Crippen LogP contribution in [0.2, 0.25) is 0 Å². The van der Waals surface area contributed by atoms with Crippen LogP contribution >= 0.6 is 0 Å². The van der Waals surface area contributed by atoms with Crippen molar-refractivity contribution < 1.29 is 27.1 Å². The zero-order valence-corrected chi connectivity index (χ0v) is 19.1. The molecule has 1 amide bonds. The molecule has 174 valence electrons. The Morgan fingerprint density at radius 1 is 1.22 bits per heavy atom. The number of sulfonamides is 1. The maximum atomic E-state index is 15.4. The van der Waals surface area contributed by atoms with E-state index in [0.717, 1.165) is 0 Å². The minimum absolute atomic E-state index is 0.0354. The van der Waals surface area contributed by atoms with Crippen LogP contribution in [0.3, 0.4) is 0 Å². The molecule has 9 heteroatoms. The maximum absolute atomic E-state index is 15.4. The second-order valence-electron chi connectivity index (χ2n) is 8.53. The number of aliphatic hydroxyl groups is 1. The molecule has 0 unspecified atom stereocenters. The van der Waals surface area contributed by atoms with Gasteiger partial charge in [-0.1, -0.05) is 30.3 Å². The standard InChI is InChI=1S/C23H28F2N2O4S/c1-4-32(30,31)26-19-11-12-27(22(28)23(2,3)29)20(19)14-16-8-6-10-18(21(16)25)15-7-5-9-17(24)13-15/h5-10,13,19-20,26,29H,4,11-12,14H2,1-3H3/t19-,20-/m1/s1. The van der Waals surface area contributed by atoms with Crippen molar-refractivity contribution in [1.82, 2.24) is 9.62 Å². The molecule has 2 N–H and O–H groups in total. The van der Waals surface area contributed by atoms with Crippen LogP contribution in [-0.4, -0.2) is 54.3 Å². The summed E-state index contributed by atoms with van der Waals surface area (Å²) >= 11 is 0. The Kier molecular flexibility index (Phi) is 7.02. The lowest BCUT2D eigenvalue weighted by molar-refractivity contribution is -0.148. The Bertz CT molecular complexity index is 1100. The lowest BCUT2D eigenvalue weighted by Crippen LogP contribution is -2.52. The van der Waals surface area contributed by atoms with Crippen molar-refractivity contribution in [2.75, 3.05) is 12.3 Å². The van der Waals surface area contributed by atoms with Crippen molar-refractivity contribution in [3.63, 3.8) is 0 Å². The molecule has 2 aromatic rings. The fraction of sp³-hybridized carbons (Fsp3) is 0.435. The third-order valence-electron chi connectivity index (χ3n) is 5.68. The fourth-order valence-electron chi connectivity index (χ4n) is 4.00. The summed E-state index contributed by atoms with van der Waals surface area (Å²) in [5.74, 6) is -1.72. The molecule has 0 aromatic heterocycles. The summed E-state index contributed by atoms with van der Waals surface area (Å²) in [6, 6.07) is 9.04. The van der Waals surface area contributed by atoms with Gasteiger partial charge in [-0.2, -0.15) is 0 Å². The predicted molar refractivity (Wildman–Crippen MR) is 118 cm³/mol. The van der Waals surface area contributed by atoms with Gasteiger partial charge in [0, 0.05) is 18.2 Å². The Labute approximate surface area is 187 Å². The Balaban J connectivity index is 1.98. The van der Waals surface area contributed by atoms with E-state index in [-0.39, 0.29) is 29.8 Å². The summed E-state index contributed by atoms with van der Waals surface area (Å²) in [6.07, 6.45) is 0.380. The minimum Gasteiger partial charge on any atom is -0.381 e. The fourth-order valence-corrected chi connectivity index (χ4v) is 4.91. The molecule has 2 aromatic carbocycles. The van der Waals surface area contributed by atoms with Crippen molar-refractivity contribution in [3.05, 3.63) is 59.7 Å². The molecule has 0 saturated carbocycles. The van der Waals surface area contributed by atoms with E-state index in [1.165, 1.54) is 43.9 Å². The number of nitrogens with one attached hydrogen (secondary N) is 1. The van der Waals surface area contributed by atoms with Gasteiger partial charge in [-0.25, -0.2) is 21.9 Å². The molecule has 0 radical (unpaired) electrons. The van der Waals surface area contributed by atoms with Crippen LogP contribution in [0.4, 0.5) is 8.78 Å². The number of likely N-dealkylation sites (tertiary alicyclic amines) is 1. The van der Waals surface area contributed by atoms with Gasteiger partial charge in [0.05, 0.1) is 11.8 Å². The highest BCUT2D eigenvalue weighted by Crippen LogP contribution is 2.30. The summed E-state index contributed by atoms with van der Waals surface area (Å²) in [4.78, 5) is 14.2. The van der Waals surface area contributed by atoms with Crippen molar-refractivity contribution in [2.24, 2.45) is 0 Å². The lowest BCUT2D eigenvalue weighted by Gasteiger charge is -2.32. The first-order chi connectivity index (χ1) is 14.9. The third-order valence-corrected chi connectivity index (χ3v) is 7.11. The molecule has 32 heavy (non-hydrogen) atoms. The van der Waals surface area contributed by atoms with Crippen LogP contribution in [0, 0.1) is 11.6 Å². The number of nitrogens with zero attached hydrogens (tertiary/aromatic N) is 1. The average molecular weight is 467 g/mol. The van der Waals surface area contributed by atoms with E-state index in [2.05, 4.69) is 4.72 Å². The van der Waals surface area contributed by atoms with Crippen molar-refractivity contribution in [3.8, 4) is 11.1 Å². The average Bonchev–Trinajstić information content (AvgIpc) is 3.09. The highest BCUT2D eigenvalue weighted by Gasteiger charge is 2.43. The van der Waals surface area contributed by atoms with Crippen LogP contribution < -0.4 is 4.72 Å². The van der Waals surface area contributed by atoms with Gasteiger partial charge in [-0.05, 0) is 56.9 Å². The molecule has 2 atom stereocenters. The highest BCUT2D eigenvalue weighted by atomic mass is 32.2. The molecule has 0 aliphatic carbocycles. The molecule has 1 heterocycles. The van der Waals surface area contributed by atoms with Gasteiger partial charge >= 0.3 is 0 Å². The Morgan fingerprint density at radius 3 is 2.53 bits per heavy atom. The number of hydrogen-bond acceptors (Lipinski definition) is 4. The van der Waals surface area contributed by atoms with Gasteiger partial charge in [0.2, 0.25) is 10.0 Å². The van der Waals surface area contributed by atoms with E-state index in [1.807, 2.05) is 0 Å². The van der Waals surface area contributed by atoms with Crippen LogP contribution in [-0.2, 0) is 21.2 Å². The van der Waals surface area contributed by atoms with Gasteiger partial charge in [0.1, 0.15) is 17.2 Å². The molecule has 0 bridgehead atoms. The molecule has 1 saturated heterocycles. The largest absolute Gasteiger partial charge is 0.381 e. The molecule has 0 spiro atoms. The van der Waals surface area contributed by atoms with E-state index >= 15 is 4.39 Å². The molecule has 1 aliphatic rings. The SMILES string of the molecule is CCS(=O)(=O)N[C@@H]1CCN(C(=O)C(C)(C)O)[C@@H]1Cc1cccc(-c2cccc(F)c2)c1F. The number of benzene rings is 2. The molecule has 3 rings (SSSR count). The number of carbonyl (C=O) groups is 1. The Hall–Kier alpha value is -2.36. The van der Waals surface area contributed by atoms with E-state index in [1.54, 1.807) is 24.3 Å². The number of carbonyl (C=O) groups excluding carboxylic acids is 1. The summed E-state index contributed by atoms with van der Waals surface area (Å²) in [5.41, 5.74) is -0.791. The first-order valence-corrected chi connectivity index (χ1v) is 12.1. The van der Waals surface area contributed by atoms with Crippen LogP contribution in [0.25, 0.3) is 11.1 Å². The minimum atomic E-state index is -3.56. The van der Waals surface area contributed by atoms with Crippen molar-refractivity contribution in [2.45, 2.75) is 51.3 Å². The second-order valence-corrected chi connectivity index (χ2v) is 10.6. The monoisotopic (exact) mass is 466 g/mol. The quantitative estimate of drug-likeness (QED) is 0.657. The third kappa shape index (κ3) is 5.33. The van der Waals surface area contributed by atoms with E-state index in [0.29, 0.717) is 12.0 Å². The molecular weight excluding hydrogens is 438 g/mol. The predicted octanol–water partition coefficient (Wildman–Crippen LogP) is 2.85. The smallest absolute Gasteiger partial charge is 0.254 e. The number of halogens is 2. The topological polar surface area (TPSA) is 86.7 Å². The highest BCUT2D eigenvalue weighted by molar-refractivity contribution is 7.89. The number of amides is 1. The molecule has 1 fully saturated rings. The van der Waals surface area contributed by atoms with E-state index in [9.17, 15) is 22.7 Å². The van der Waals surface area contributed by atoms with Gasteiger partial charge in [-0.15, -0.1) is 0 Å². The zero-order valence-electron chi connectivity index (χ0n) is 18.3. The molecule has 1 aliphatic heterocycles. The second kappa shape index (κ2) is 9.25. The summed E-state index contributed by atoms with van der Waals surface area (Å²) in [5, 5.41) is 10.2. The van der Waals surface area contributed by atoms with Gasteiger partial charge < -0.3 is 10.0 Å².